The molecule has 72 valence electrons. The first-order valence-corrected chi connectivity index (χ1v) is 5.19. The molecular formula is C10H17N3. The summed E-state index contributed by atoms with van der Waals surface area (Å²) in [5.74, 6) is 0.275. The van der Waals surface area contributed by atoms with Crippen molar-refractivity contribution in [2.24, 2.45) is 11.7 Å². The highest BCUT2D eigenvalue weighted by Crippen LogP contribution is 2.27. The number of likely N-dealkylation sites (tertiary alicyclic amines) is 1. The van der Waals surface area contributed by atoms with Gasteiger partial charge in [0.15, 0.2) is 0 Å². The molecule has 0 spiro atoms. The molecular weight excluding hydrogens is 162 g/mol. The molecule has 0 aromatic rings. The lowest BCUT2D eigenvalue weighted by Gasteiger charge is -2.22. The first-order chi connectivity index (χ1) is 6.29. The van der Waals surface area contributed by atoms with E-state index in [-0.39, 0.29) is 5.92 Å². The molecule has 0 aromatic heterocycles. The SMILES string of the molecule is N#CC1CCN(C2CCC(N)C2)C1. The molecule has 3 unspecified atom stereocenters. The lowest BCUT2D eigenvalue weighted by molar-refractivity contribution is 0.240. The van der Waals surface area contributed by atoms with Crippen LogP contribution in [0.2, 0.25) is 0 Å². The molecule has 3 nitrogen and oxygen atoms in total. The molecule has 1 aliphatic carbocycles. The van der Waals surface area contributed by atoms with Gasteiger partial charge in [-0.2, -0.15) is 5.26 Å². The lowest BCUT2D eigenvalue weighted by atomic mass is 10.1. The maximum atomic E-state index is 8.78. The molecule has 1 aliphatic heterocycles. The van der Waals surface area contributed by atoms with Gasteiger partial charge >= 0.3 is 0 Å². The lowest BCUT2D eigenvalue weighted by Crippen LogP contribution is -2.32. The van der Waals surface area contributed by atoms with E-state index in [4.69, 9.17) is 11.0 Å². The minimum atomic E-state index is 0.275. The molecule has 2 N–H and O–H groups in total. The first-order valence-electron chi connectivity index (χ1n) is 5.19. The second-order valence-electron chi connectivity index (χ2n) is 4.34. The quantitative estimate of drug-likeness (QED) is 0.645. The second kappa shape index (κ2) is 3.65. The first kappa shape index (κ1) is 8.98. The summed E-state index contributed by atoms with van der Waals surface area (Å²) in [4.78, 5) is 2.46. The molecule has 1 saturated carbocycles. The van der Waals surface area contributed by atoms with Crippen LogP contribution in [0.1, 0.15) is 25.7 Å². The fourth-order valence-corrected chi connectivity index (χ4v) is 2.55. The van der Waals surface area contributed by atoms with Crippen LogP contribution in [-0.4, -0.2) is 30.1 Å². The summed E-state index contributed by atoms with van der Waals surface area (Å²) >= 11 is 0. The number of nitrogens with zero attached hydrogens (tertiary/aromatic N) is 2. The van der Waals surface area contributed by atoms with Gasteiger partial charge in [0, 0.05) is 18.6 Å². The summed E-state index contributed by atoms with van der Waals surface area (Å²) in [6.45, 7) is 2.09. The Labute approximate surface area is 79.5 Å². The topological polar surface area (TPSA) is 53.0 Å². The molecule has 1 heterocycles. The maximum Gasteiger partial charge on any atom is 0.0669 e. The Morgan fingerprint density at radius 3 is 2.69 bits per heavy atom. The number of nitrogens with two attached hydrogens (primary N) is 1. The number of rotatable bonds is 1. The van der Waals surface area contributed by atoms with Gasteiger partial charge in [0.2, 0.25) is 0 Å². The van der Waals surface area contributed by atoms with Gasteiger partial charge < -0.3 is 5.73 Å². The van der Waals surface area contributed by atoms with Gasteiger partial charge in [-0.1, -0.05) is 0 Å². The Bertz CT molecular complexity index is 221. The van der Waals surface area contributed by atoms with Gasteiger partial charge in [-0.15, -0.1) is 0 Å². The molecule has 0 aromatic carbocycles. The van der Waals surface area contributed by atoms with Gasteiger partial charge in [0.05, 0.1) is 12.0 Å². The zero-order valence-corrected chi connectivity index (χ0v) is 7.95. The van der Waals surface area contributed by atoms with Crippen molar-refractivity contribution < 1.29 is 0 Å². The largest absolute Gasteiger partial charge is 0.328 e. The van der Waals surface area contributed by atoms with Crippen molar-refractivity contribution in [3.05, 3.63) is 0 Å². The van der Waals surface area contributed by atoms with Crippen LogP contribution in [-0.2, 0) is 0 Å². The van der Waals surface area contributed by atoms with Crippen LogP contribution < -0.4 is 5.73 Å². The summed E-state index contributed by atoms with van der Waals surface area (Å²) in [6, 6.07) is 3.44. The molecule has 13 heavy (non-hydrogen) atoms. The average molecular weight is 179 g/mol. The Kier molecular flexibility index (Phi) is 2.52. The van der Waals surface area contributed by atoms with Crippen molar-refractivity contribution in [2.75, 3.05) is 13.1 Å². The molecule has 3 heteroatoms. The monoisotopic (exact) mass is 179 g/mol. The molecule has 1 saturated heterocycles. The van der Waals surface area contributed by atoms with Crippen LogP contribution >= 0.6 is 0 Å². The smallest absolute Gasteiger partial charge is 0.0669 e. The van der Waals surface area contributed by atoms with Crippen molar-refractivity contribution in [3.8, 4) is 6.07 Å². The third-order valence-electron chi connectivity index (χ3n) is 3.36. The van der Waals surface area contributed by atoms with E-state index in [9.17, 15) is 0 Å². The van der Waals surface area contributed by atoms with E-state index in [2.05, 4.69) is 11.0 Å². The normalized spacial score (nSPS) is 40.8. The van der Waals surface area contributed by atoms with Crippen LogP contribution in [0.4, 0.5) is 0 Å². The zero-order valence-electron chi connectivity index (χ0n) is 7.95. The van der Waals surface area contributed by atoms with Gasteiger partial charge in [-0.05, 0) is 32.2 Å². The Morgan fingerprint density at radius 2 is 2.15 bits per heavy atom. The maximum absolute atomic E-state index is 8.78. The summed E-state index contributed by atoms with van der Waals surface area (Å²) in [6.07, 6.45) is 4.60. The predicted molar refractivity (Wildman–Crippen MR) is 50.9 cm³/mol. The van der Waals surface area contributed by atoms with Crippen molar-refractivity contribution in [3.63, 3.8) is 0 Å². The third kappa shape index (κ3) is 1.84. The fourth-order valence-electron chi connectivity index (χ4n) is 2.55. The average Bonchev–Trinajstić information content (AvgIpc) is 2.71. The minimum Gasteiger partial charge on any atom is -0.328 e. The van der Waals surface area contributed by atoms with Crippen LogP contribution in [0.5, 0.6) is 0 Å². The molecule has 0 amide bonds. The number of nitriles is 1. The van der Waals surface area contributed by atoms with Gasteiger partial charge in [0.1, 0.15) is 0 Å². The standard InChI is InChI=1S/C10H17N3/c11-6-8-3-4-13(7-8)10-2-1-9(12)5-10/h8-10H,1-5,7,12H2. The molecule has 2 aliphatic rings. The minimum absolute atomic E-state index is 0.275. The molecule has 0 radical (unpaired) electrons. The van der Waals surface area contributed by atoms with Crippen molar-refractivity contribution in [1.82, 2.24) is 4.90 Å². The summed E-state index contributed by atoms with van der Waals surface area (Å²) < 4.78 is 0. The predicted octanol–water partition coefficient (Wildman–Crippen LogP) is 0.712. The van der Waals surface area contributed by atoms with E-state index >= 15 is 0 Å². The van der Waals surface area contributed by atoms with Crippen molar-refractivity contribution in [2.45, 2.75) is 37.8 Å². The van der Waals surface area contributed by atoms with E-state index in [0.29, 0.717) is 12.1 Å². The van der Waals surface area contributed by atoms with Gasteiger partial charge in [-0.3, -0.25) is 4.90 Å². The van der Waals surface area contributed by atoms with Crippen LogP contribution in [0, 0.1) is 17.2 Å². The third-order valence-corrected chi connectivity index (χ3v) is 3.36. The zero-order chi connectivity index (χ0) is 9.26. The number of hydrogen-bond donors (Lipinski definition) is 1. The number of hydrogen-bond acceptors (Lipinski definition) is 3. The van der Waals surface area contributed by atoms with Crippen molar-refractivity contribution in [1.29, 1.82) is 5.26 Å². The highest BCUT2D eigenvalue weighted by atomic mass is 15.2. The Morgan fingerprint density at radius 1 is 1.31 bits per heavy atom. The Hall–Kier alpha value is -0.590. The van der Waals surface area contributed by atoms with Crippen LogP contribution in [0.15, 0.2) is 0 Å². The summed E-state index contributed by atoms with van der Waals surface area (Å²) in [7, 11) is 0. The highest BCUT2D eigenvalue weighted by molar-refractivity contribution is 4.95. The van der Waals surface area contributed by atoms with E-state index in [1.54, 1.807) is 0 Å². The van der Waals surface area contributed by atoms with E-state index < -0.39 is 0 Å². The van der Waals surface area contributed by atoms with Gasteiger partial charge in [-0.25, -0.2) is 0 Å². The Balaban J connectivity index is 1.86. The molecule has 2 fully saturated rings. The highest BCUT2D eigenvalue weighted by Gasteiger charge is 2.32. The van der Waals surface area contributed by atoms with E-state index in [1.165, 1.54) is 12.8 Å². The molecule has 2 rings (SSSR count). The van der Waals surface area contributed by atoms with Crippen molar-refractivity contribution >= 4 is 0 Å². The van der Waals surface area contributed by atoms with Gasteiger partial charge in [0.25, 0.3) is 0 Å². The molecule has 0 bridgehead atoms. The van der Waals surface area contributed by atoms with E-state index in [1.807, 2.05) is 0 Å². The fraction of sp³-hybridized carbons (Fsp3) is 0.900. The van der Waals surface area contributed by atoms with Crippen LogP contribution in [0.25, 0.3) is 0 Å². The van der Waals surface area contributed by atoms with E-state index in [0.717, 1.165) is 25.9 Å². The summed E-state index contributed by atoms with van der Waals surface area (Å²) in [5.41, 5.74) is 5.87. The summed E-state index contributed by atoms with van der Waals surface area (Å²) in [5, 5.41) is 8.78. The van der Waals surface area contributed by atoms with Crippen LogP contribution in [0.3, 0.4) is 0 Å². The molecule has 3 atom stereocenters. The second-order valence-corrected chi connectivity index (χ2v) is 4.34.